The minimum Gasteiger partial charge on any atom is -0.315 e. The summed E-state index contributed by atoms with van der Waals surface area (Å²) in [6.07, 6.45) is 25.3. The average molecular weight is 484 g/mol. The van der Waals surface area contributed by atoms with Crippen LogP contribution in [0, 0.1) is 0 Å². The van der Waals surface area contributed by atoms with Crippen molar-refractivity contribution in [3.05, 3.63) is 113 Å². The predicted molar refractivity (Wildman–Crippen MR) is 150 cm³/mol. The van der Waals surface area contributed by atoms with Crippen LogP contribution in [0.1, 0.15) is 42.1 Å². The van der Waals surface area contributed by atoms with Crippen molar-refractivity contribution in [3.8, 4) is 0 Å². The van der Waals surface area contributed by atoms with Crippen LogP contribution in [-0.2, 0) is 0 Å². The van der Waals surface area contributed by atoms with E-state index in [1.54, 1.807) is 0 Å². The summed E-state index contributed by atoms with van der Waals surface area (Å²) in [6.45, 7) is 0. The Hall–Kier alpha value is -3.34. The second kappa shape index (κ2) is 7.12. The molecule has 2 aromatic carbocycles. The molecule has 36 heavy (non-hydrogen) atoms. The molecule has 3 nitrogen and oxygen atoms in total. The zero-order valence-electron chi connectivity index (χ0n) is 19.8. The third-order valence-electron chi connectivity index (χ3n) is 8.65. The highest BCUT2D eigenvalue weighted by molar-refractivity contribution is 8.00. The normalized spacial score (nSPS) is 30.7. The molecule has 4 heterocycles. The molecule has 3 aliphatic carbocycles. The number of fused-ring (bicyclic) bond motifs is 11. The van der Waals surface area contributed by atoms with Crippen LogP contribution in [0.25, 0.3) is 21.8 Å². The van der Waals surface area contributed by atoms with E-state index in [0.29, 0.717) is 11.2 Å². The van der Waals surface area contributed by atoms with E-state index in [9.17, 15) is 0 Å². The lowest BCUT2D eigenvalue weighted by atomic mass is 9.83. The van der Waals surface area contributed by atoms with Gasteiger partial charge in [-0.15, -0.1) is 11.8 Å². The molecule has 5 atom stereocenters. The lowest BCUT2D eigenvalue weighted by Gasteiger charge is -2.32. The number of nitrogens with one attached hydrogen (secondary N) is 1. The summed E-state index contributed by atoms with van der Waals surface area (Å²) >= 11 is 2.04. The fourth-order valence-corrected chi connectivity index (χ4v) is 8.49. The number of rotatable bonds is 1. The monoisotopic (exact) mass is 483 g/mol. The van der Waals surface area contributed by atoms with Gasteiger partial charge in [-0.1, -0.05) is 72.9 Å². The van der Waals surface area contributed by atoms with Gasteiger partial charge in [-0.3, -0.25) is 10.3 Å². The van der Waals surface area contributed by atoms with Crippen LogP contribution in [0.15, 0.2) is 112 Å². The van der Waals surface area contributed by atoms with Crippen molar-refractivity contribution < 1.29 is 0 Å². The van der Waals surface area contributed by atoms with Crippen molar-refractivity contribution in [2.75, 3.05) is 0 Å². The molecule has 3 aliphatic heterocycles. The molecule has 0 radical (unpaired) electrons. The van der Waals surface area contributed by atoms with Gasteiger partial charge in [-0.05, 0) is 53.3 Å². The van der Waals surface area contributed by atoms with Gasteiger partial charge in [0.1, 0.15) is 6.17 Å². The summed E-state index contributed by atoms with van der Waals surface area (Å²) in [5.74, 6) is 0.393. The van der Waals surface area contributed by atoms with Crippen molar-refractivity contribution >= 4 is 39.3 Å². The molecule has 174 valence electrons. The van der Waals surface area contributed by atoms with Gasteiger partial charge >= 0.3 is 0 Å². The number of thioether (sulfide) groups is 1. The van der Waals surface area contributed by atoms with Gasteiger partial charge in [0.2, 0.25) is 0 Å². The van der Waals surface area contributed by atoms with Crippen LogP contribution >= 0.6 is 11.8 Å². The van der Waals surface area contributed by atoms with Crippen LogP contribution in [0.5, 0.6) is 0 Å². The molecule has 1 aromatic heterocycles. The predicted octanol–water partition coefficient (Wildman–Crippen LogP) is 7.22. The van der Waals surface area contributed by atoms with Gasteiger partial charge in [-0.25, -0.2) is 0 Å². The Balaban J connectivity index is 1.30. The van der Waals surface area contributed by atoms with E-state index in [-0.39, 0.29) is 18.2 Å². The zero-order valence-corrected chi connectivity index (χ0v) is 20.6. The van der Waals surface area contributed by atoms with E-state index < -0.39 is 0 Å². The first-order valence-electron chi connectivity index (χ1n) is 13.1. The largest absolute Gasteiger partial charge is 0.315 e. The molecule has 0 fully saturated rings. The molecule has 0 saturated carbocycles. The Morgan fingerprint density at radius 1 is 1.00 bits per heavy atom. The minimum atomic E-state index is 0.0583. The maximum atomic E-state index is 5.32. The van der Waals surface area contributed by atoms with Crippen molar-refractivity contribution in [1.82, 2.24) is 9.88 Å². The molecule has 4 heteroatoms. The van der Waals surface area contributed by atoms with E-state index in [1.165, 1.54) is 49.0 Å². The van der Waals surface area contributed by atoms with Crippen LogP contribution in [0.2, 0.25) is 0 Å². The van der Waals surface area contributed by atoms with Crippen LogP contribution in [0.3, 0.4) is 0 Å². The second-order valence-electron chi connectivity index (χ2n) is 10.6. The fraction of sp³-hybridized carbons (Fsp3) is 0.219. The fourth-order valence-electron chi connectivity index (χ4n) is 7.12. The topological polar surface area (TPSA) is 29.3 Å². The number of nitrogens with zero attached hydrogens (tertiary/aromatic N) is 2. The standard InChI is InChI=1S/C32H25N3S/c1-2-8-18(9-3-1)19-14-15-26-21(16-19)28-27(36-26)17-22-30-32(34-24-12-6-5-11-23(24)33-30)35-25-13-7-4-10-20(25)29(28)31(22)35/h2,4-17,21,23,26,30,32-33H,1,3H2. The SMILES string of the molecule is C1=CC2=NC3C(NC2C=C1)c1cc2c(c4c5ccccc5n3c14)C1C=C(C3=CCCC=C3)C=CC1S2. The zero-order chi connectivity index (χ0) is 23.4. The number of aliphatic imine (C=N–C) groups is 1. The molecule has 9 rings (SSSR count). The Bertz CT molecular complexity index is 1720. The minimum absolute atomic E-state index is 0.0583. The summed E-state index contributed by atoms with van der Waals surface area (Å²) in [4.78, 5) is 6.77. The molecular weight excluding hydrogens is 458 g/mol. The summed E-state index contributed by atoms with van der Waals surface area (Å²) in [7, 11) is 0. The summed E-state index contributed by atoms with van der Waals surface area (Å²) < 4.78 is 2.53. The van der Waals surface area contributed by atoms with Gasteiger partial charge in [0.05, 0.1) is 28.8 Å². The number of benzene rings is 2. The quantitative estimate of drug-likeness (QED) is 0.396. The van der Waals surface area contributed by atoms with Crippen molar-refractivity contribution in [1.29, 1.82) is 0 Å². The van der Waals surface area contributed by atoms with E-state index in [2.05, 4.69) is 101 Å². The Kier molecular flexibility index (Phi) is 3.92. The lowest BCUT2D eigenvalue weighted by Crippen LogP contribution is -2.43. The number of hydrogen-bond donors (Lipinski definition) is 1. The van der Waals surface area contributed by atoms with Crippen LogP contribution in [-0.4, -0.2) is 21.6 Å². The first kappa shape index (κ1) is 19.8. The van der Waals surface area contributed by atoms with Crippen LogP contribution < -0.4 is 5.32 Å². The highest BCUT2D eigenvalue weighted by Crippen LogP contribution is 2.58. The third-order valence-corrected chi connectivity index (χ3v) is 9.96. The molecular formula is C32H25N3S. The molecule has 0 spiro atoms. The van der Waals surface area contributed by atoms with E-state index in [0.717, 1.165) is 18.6 Å². The maximum absolute atomic E-state index is 5.32. The first-order valence-corrected chi connectivity index (χ1v) is 13.9. The molecule has 0 bridgehead atoms. The molecule has 0 saturated heterocycles. The number of hydrogen-bond acceptors (Lipinski definition) is 3. The molecule has 1 N–H and O–H groups in total. The number of para-hydroxylation sites is 1. The Morgan fingerprint density at radius 3 is 2.92 bits per heavy atom. The van der Waals surface area contributed by atoms with Gasteiger partial charge in [0.25, 0.3) is 0 Å². The van der Waals surface area contributed by atoms with Crippen molar-refractivity contribution in [3.63, 3.8) is 0 Å². The van der Waals surface area contributed by atoms with Gasteiger partial charge in [0.15, 0.2) is 0 Å². The van der Waals surface area contributed by atoms with Gasteiger partial charge in [-0.2, -0.15) is 0 Å². The Morgan fingerprint density at radius 2 is 1.97 bits per heavy atom. The molecule has 5 unspecified atom stereocenters. The summed E-state index contributed by atoms with van der Waals surface area (Å²) in [5.41, 5.74) is 9.51. The third kappa shape index (κ3) is 2.51. The van der Waals surface area contributed by atoms with Crippen molar-refractivity contribution in [2.45, 2.75) is 47.2 Å². The smallest absolute Gasteiger partial charge is 0.145 e. The summed E-state index contributed by atoms with van der Waals surface area (Å²) in [6, 6.07) is 11.9. The molecule has 0 amide bonds. The molecule has 3 aromatic rings. The lowest BCUT2D eigenvalue weighted by molar-refractivity contribution is 0.384. The van der Waals surface area contributed by atoms with Crippen molar-refractivity contribution in [2.24, 2.45) is 4.99 Å². The van der Waals surface area contributed by atoms with E-state index >= 15 is 0 Å². The average Bonchev–Trinajstić information content (AvgIpc) is 3.57. The van der Waals surface area contributed by atoms with Crippen LogP contribution in [0.4, 0.5) is 0 Å². The second-order valence-corrected chi connectivity index (χ2v) is 11.8. The van der Waals surface area contributed by atoms with E-state index in [1.807, 2.05) is 11.8 Å². The first-order chi connectivity index (χ1) is 17.8. The van der Waals surface area contributed by atoms with Gasteiger partial charge < -0.3 is 4.57 Å². The number of allylic oxidation sites excluding steroid dienone is 9. The highest BCUT2D eigenvalue weighted by atomic mass is 32.2. The van der Waals surface area contributed by atoms with Gasteiger partial charge in [0, 0.05) is 26.8 Å². The Labute approximate surface area is 214 Å². The number of aromatic nitrogens is 1. The molecule has 6 aliphatic rings. The maximum Gasteiger partial charge on any atom is 0.145 e. The van der Waals surface area contributed by atoms with E-state index in [4.69, 9.17) is 4.99 Å². The summed E-state index contributed by atoms with van der Waals surface area (Å²) in [5, 5.41) is 7.22. The highest BCUT2D eigenvalue weighted by Gasteiger charge is 2.44.